The Morgan fingerprint density at radius 1 is 1.07 bits per heavy atom. The van der Waals surface area contributed by atoms with Gasteiger partial charge in [-0.2, -0.15) is 0 Å². The zero-order chi connectivity index (χ0) is 21.3. The van der Waals surface area contributed by atoms with E-state index < -0.39 is 12.0 Å². The first-order valence-electron chi connectivity index (χ1n) is 10.3. The van der Waals surface area contributed by atoms with Gasteiger partial charge in [-0.1, -0.05) is 62.2 Å². The molecule has 0 unspecified atom stereocenters. The number of amides is 2. The molecule has 1 aliphatic heterocycles. The Kier molecular flexibility index (Phi) is 7.49. The number of ether oxygens (including phenoxy) is 2. The quantitative estimate of drug-likeness (QED) is 0.469. The second-order valence-corrected chi connectivity index (χ2v) is 7.26. The minimum absolute atomic E-state index is 0.351. The van der Waals surface area contributed by atoms with E-state index in [1.54, 1.807) is 6.92 Å². The molecule has 0 aromatic heterocycles. The number of allylic oxidation sites excluding steroid dienone is 1. The fourth-order valence-corrected chi connectivity index (χ4v) is 3.33. The second kappa shape index (κ2) is 10.5. The summed E-state index contributed by atoms with van der Waals surface area (Å²) in [5.41, 5.74) is 2.73. The van der Waals surface area contributed by atoms with E-state index in [-0.39, 0.29) is 6.03 Å². The average Bonchev–Trinajstić information content (AvgIpc) is 2.75. The van der Waals surface area contributed by atoms with Crippen LogP contribution in [0.1, 0.15) is 50.3 Å². The van der Waals surface area contributed by atoms with Crippen molar-refractivity contribution >= 4 is 12.0 Å². The van der Waals surface area contributed by atoms with Gasteiger partial charge < -0.3 is 20.1 Å². The molecule has 6 heteroatoms. The standard InChI is InChI=1S/C24H28N2O4/c1-3-4-8-14-29-23(27)21-17(2)25-24(28)26-22(21)19-12-9-13-20(15-19)30-16-18-10-6-5-7-11-18/h5-7,9-13,15,22H,3-4,8,14,16H2,1-2H3,(H2,25,26,28)/t22-/m1/s1. The maximum absolute atomic E-state index is 12.8. The Hall–Kier alpha value is -3.28. The smallest absolute Gasteiger partial charge is 0.338 e. The Labute approximate surface area is 177 Å². The van der Waals surface area contributed by atoms with Gasteiger partial charge in [0.05, 0.1) is 18.2 Å². The zero-order valence-electron chi connectivity index (χ0n) is 17.4. The third-order valence-corrected chi connectivity index (χ3v) is 4.91. The lowest BCUT2D eigenvalue weighted by molar-refractivity contribution is -0.139. The van der Waals surface area contributed by atoms with Gasteiger partial charge >= 0.3 is 12.0 Å². The van der Waals surface area contributed by atoms with E-state index in [1.165, 1.54) is 0 Å². The number of unbranched alkanes of at least 4 members (excludes halogenated alkanes) is 2. The first-order chi connectivity index (χ1) is 14.6. The molecule has 1 heterocycles. The van der Waals surface area contributed by atoms with Crippen LogP contribution < -0.4 is 15.4 Å². The summed E-state index contributed by atoms with van der Waals surface area (Å²) < 4.78 is 11.4. The van der Waals surface area contributed by atoms with E-state index in [0.29, 0.717) is 30.2 Å². The second-order valence-electron chi connectivity index (χ2n) is 7.26. The van der Waals surface area contributed by atoms with Crippen LogP contribution in [0.5, 0.6) is 5.75 Å². The molecule has 0 bridgehead atoms. The SMILES string of the molecule is CCCCCOC(=O)C1=C(C)NC(=O)N[C@@H]1c1cccc(OCc2ccccc2)c1. The summed E-state index contributed by atoms with van der Waals surface area (Å²) in [6.07, 6.45) is 2.88. The summed E-state index contributed by atoms with van der Waals surface area (Å²) in [4.78, 5) is 24.8. The summed E-state index contributed by atoms with van der Waals surface area (Å²) in [6.45, 7) is 4.61. The first kappa shape index (κ1) is 21.4. The first-order valence-corrected chi connectivity index (χ1v) is 10.3. The predicted molar refractivity (Wildman–Crippen MR) is 115 cm³/mol. The summed E-state index contributed by atoms with van der Waals surface area (Å²) in [7, 11) is 0. The molecule has 2 aromatic carbocycles. The highest BCUT2D eigenvalue weighted by atomic mass is 16.5. The highest BCUT2D eigenvalue weighted by molar-refractivity contribution is 5.95. The number of benzene rings is 2. The lowest BCUT2D eigenvalue weighted by Gasteiger charge is -2.28. The zero-order valence-corrected chi connectivity index (χ0v) is 17.4. The molecule has 0 fully saturated rings. The fourth-order valence-electron chi connectivity index (χ4n) is 3.33. The van der Waals surface area contributed by atoms with Crippen LogP contribution in [0.25, 0.3) is 0 Å². The van der Waals surface area contributed by atoms with Gasteiger partial charge in [0.1, 0.15) is 12.4 Å². The predicted octanol–water partition coefficient (Wildman–Crippen LogP) is 4.63. The van der Waals surface area contributed by atoms with Crippen LogP contribution in [0.2, 0.25) is 0 Å². The van der Waals surface area contributed by atoms with Gasteiger partial charge in [0, 0.05) is 5.70 Å². The normalized spacial score (nSPS) is 15.9. The molecule has 0 spiro atoms. The van der Waals surface area contributed by atoms with Gasteiger partial charge in [-0.05, 0) is 36.6 Å². The summed E-state index contributed by atoms with van der Waals surface area (Å²) in [5.74, 6) is 0.245. The molecule has 0 radical (unpaired) electrons. The van der Waals surface area contributed by atoms with Crippen LogP contribution in [-0.4, -0.2) is 18.6 Å². The van der Waals surface area contributed by atoms with E-state index in [0.717, 1.165) is 30.4 Å². The van der Waals surface area contributed by atoms with Gasteiger partial charge in [-0.3, -0.25) is 0 Å². The van der Waals surface area contributed by atoms with Gasteiger partial charge in [0.15, 0.2) is 0 Å². The molecule has 30 heavy (non-hydrogen) atoms. The molecule has 0 saturated heterocycles. The van der Waals surface area contributed by atoms with Crippen molar-refractivity contribution in [2.45, 2.75) is 45.8 Å². The van der Waals surface area contributed by atoms with Gasteiger partial charge in [0.25, 0.3) is 0 Å². The average molecular weight is 408 g/mol. The van der Waals surface area contributed by atoms with Crippen LogP contribution >= 0.6 is 0 Å². The Morgan fingerprint density at radius 2 is 1.87 bits per heavy atom. The molecule has 2 N–H and O–H groups in total. The third-order valence-electron chi connectivity index (χ3n) is 4.91. The Balaban J connectivity index is 1.76. The molecule has 0 saturated carbocycles. The molecular formula is C24H28N2O4. The van der Waals surface area contributed by atoms with E-state index in [9.17, 15) is 9.59 Å². The number of hydrogen-bond acceptors (Lipinski definition) is 4. The fraction of sp³-hybridized carbons (Fsp3) is 0.333. The number of esters is 1. The number of nitrogens with one attached hydrogen (secondary N) is 2. The summed E-state index contributed by atoms with van der Waals surface area (Å²) >= 11 is 0. The van der Waals surface area contributed by atoms with Crippen molar-refractivity contribution < 1.29 is 19.1 Å². The molecule has 1 aliphatic rings. The Morgan fingerprint density at radius 3 is 2.63 bits per heavy atom. The molecule has 3 rings (SSSR count). The number of carbonyl (C=O) groups excluding carboxylic acids is 2. The molecular weight excluding hydrogens is 380 g/mol. The number of hydrogen-bond donors (Lipinski definition) is 2. The van der Waals surface area contributed by atoms with Crippen molar-refractivity contribution in [3.63, 3.8) is 0 Å². The van der Waals surface area contributed by atoms with Gasteiger partial charge in [-0.25, -0.2) is 9.59 Å². The summed E-state index contributed by atoms with van der Waals surface area (Å²) in [5, 5.41) is 5.50. The summed E-state index contributed by atoms with van der Waals surface area (Å²) in [6, 6.07) is 16.3. The van der Waals surface area contributed by atoms with Crippen molar-refractivity contribution in [1.82, 2.24) is 10.6 Å². The monoisotopic (exact) mass is 408 g/mol. The van der Waals surface area contributed by atoms with E-state index in [1.807, 2.05) is 54.6 Å². The van der Waals surface area contributed by atoms with Crippen molar-refractivity contribution in [2.75, 3.05) is 6.61 Å². The van der Waals surface area contributed by atoms with E-state index >= 15 is 0 Å². The van der Waals surface area contributed by atoms with Gasteiger partial charge in [-0.15, -0.1) is 0 Å². The minimum Gasteiger partial charge on any atom is -0.489 e. The van der Waals surface area contributed by atoms with Crippen molar-refractivity contribution in [2.24, 2.45) is 0 Å². The third kappa shape index (κ3) is 5.63. The van der Waals surface area contributed by atoms with Crippen molar-refractivity contribution in [3.8, 4) is 5.75 Å². The molecule has 1 atom stereocenters. The van der Waals surface area contributed by atoms with E-state index in [4.69, 9.17) is 9.47 Å². The molecule has 2 aromatic rings. The Bertz CT molecular complexity index is 908. The molecule has 158 valence electrons. The van der Waals surface area contributed by atoms with Crippen LogP contribution in [0.15, 0.2) is 65.9 Å². The molecule has 2 amide bonds. The largest absolute Gasteiger partial charge is 0.489 e. The molecule has 0 aliphatic carbocycles. The minimum atomic E-state index is -0.599. The topological polar surface area (TPSA) is 76.7 Å². The maximum Gasteiger partial charge on any atom is 0.338 e. The lowest BCUT2D eigenvalue weighted by atomic mass is 9.95. The number of urea groups is 1. The van der Waals surface area contributed by atoms with E-state index in [2.05, 4.69) is 17.6 Å². The number of rotatable bonds is 9. The maximum atomic E-state index is 12.8. The number of carbonyl (C=O) groups is 2. The highest BCUT2D eigenvalue weighted by Gasteiger charge is 2.32. The lowest BCUT2D eigenvalue weighted by Crippen LogP contribution is -2.45. The van der Waals surface area contributed by atoms with Crippen LogP contribution in [-0.2, 0) is 16.1 Å². The van der Waals surface area contributed by atoms with Crippen molar-refractivity contribution in [1.29, 1.82) is 0 Å². The van der Waals surface area contributed by atoms with Crippen LogP contribution in [0, 0.1) is 0 Å². The van der Waals surface area contributed by atoms with Gasteiger partial charge in [0.2, 0.25) is 0 Å². The van der Waals surface area contributed by atoms with Crippen LogP contribution in [0.4, 0.5) is 4.79 Å². The molecule has 6 nitrogen and oxygen atoms in total. The van der Waals surface area contributed by atoms with Crippen LogP contribution in [0.3, 0.4) is 0 Å². The highest BCUT2D eigenvalue weighted by Crippen LogP contribution is 2.30. The van der Waals surface area contributed by atoms with Crippen molar-refractivity contribution in [3.05, 3.63) is 77.0 Å².